The minimum Gasteiger partial charge on any atom is -0.463 e. The number of allylic oxidation sites excluding steroid dienone is 2. The van der Waals surface area contributed by atoms with Gasteiger partial charge in [-0.25, -0.2) is 9.29 Å². The molecule has 4 amide bonds. The van der Waals surface area contributed by atoms with Crippen LogP contribution in [0.5, 0.6) is 0 Å². The highest BCUT2D eigenvalue weighted by Gasteiger charge is 2.77. The molecule has 2 aliphatic carbocycles. The maximum atomic E-state index is 14.4. The number of fused-ring (bicyclic) bond motifs is 4. The van der Waals surface area contributed by atoms with Crippen molar-refractivity contribution >= 4 is 75.3 Å². The van der Waals surface area contributed by atoms with Crippen molar-refractivity contribution in [2.24, 2.45) is 28.0 Å². The molecule has 1 aromatic heterocycles. The molecule has 1 saturated carbocycles. The second-order valence-corrected chi connectivity index (χ2v) is 15.1. The molecule has 4 aromatic rings. The number of hydrogen-bond acceptors (Lipinski definition) is 9. The van der Waals surface area contributed by atoms with Gasteiger partial charge in [-0.1, -0.05) is 11.6 Å². The quantitative estimate of drug-likeness (QED) is 0.0915. The normalized spacial score (nSPS) is 28.0. The molecule has 53 heavy (non-hydrogen) atoms. The van der Waals surface area contributed by atoms with Gasteiger partial charge in [0.1, 0.15) is 23.9 Å². The molecule has 2 aliphatic heterocycles. The van der Waals surface area contributed by atoms with Crippen molar-refractivity contribution in [3.8, 4) is 0 Å². The number of alkyl halides is 2. The Bertz CT molecular complexity index is 2220. The number of carbonyl (C=O) groups excluding carboxylic acids is 4. The van der Waals surface area contributed by atoms with Crippen LogP contribution in [0.3, 0.4) is 0 Å². The zero-order valence-electron chi connectivity index (χ0n) is 28.4. The molecule has 270 valence electrons. The van der Waals surface area contributed by atoms with Gasteiger partial charge in [0, 0.05) is 19.8 Å². The molecule has 0 bridgehead atoms. The highest BCUT2D eigenvalue weighted by atomic mass is 35.5. The second-order valence-electron chi connectivity index (χ2n) is 13.9. The van der Waals surface area contributed by atoms with E-state index in [0.29, 0.717) is 22.6 Å². The lowest BCUT2D eigenvalue weighted by Crippen LogP contribution is -2.60. The van der Waals surface area contributed by atoms with Gasteiger partial charge in [0.05, 0.1) is 40.5 Å². The number of hydrogen-bond donors (Lipinski definition) is 1. The molecule has 0 radical (unpaired) electrons. The summed E-state index contributed by atoms with van der Waals surface area (Å²) in [5, 5.41) is 18.4. The van der Waals surface area contributed by atoms with Crippen molar-refractivity contribution in [1.82, 2.24) is 0 Å². The summed E-state index contributed by atoms with van der Waals surface area (Å²) in [7, 11) is 3.89. The zero-order valence-corrected chi connectivity index (χ0v) is 30.0. The average Bonchev–Trinajstić information content (AvgIpc) is 3.77. The van der Waals surface area contributed by atoms with Crippen LogP contribution in [0.15, 0.2) is 111 Å². The monoisotopic (exact) mass is 755 g/mol. The summed E-state index contributed by atoms with van der Waals surface area (Å²) < 4.78 is 19.8. The first kappa shape index (κ1) is 34.9. The largest absolute Gasteiger partial charge is 0.463 e. The summed E-state index contributed by atoms with van der Waals surface area (Å²) in [6, 6.07) is 22.0. The van der Waals surface area contributed by atoms with E-state index in [1.807, 2.05) is 43.3 Å². The molecule has 11 nitrogen and oxygen atoms in total. The van der Waals surface area contributed by atoms with Gasteiger partial charge >= 0.3 is 0 Å². The molecule has 0 spiro atoms. The standard InChI is InChI=1S/C39H32Cl2FN5O6/c1-45(2)24-11-5-22(6-12-24)43-44-23-7-13-25(14-8-23)46-34(49)29-17-16-28-30(32(29)35(46)50)19-38(40)36(51)47(26-9-3-21(42)4-10-26)37(52)39(38,41)33(28)31-18-15-27(20-48)53-31/h3-16,18,29-30,32-33,48H,17,19-20H2,1-2H3. The molecular weight excluding hydrogens is 724 g/mol. The number of aliphatic hydroxyl groups is 1. The predicted molar refractivity (Wildman–Crippen MR) is 195 cm³/mol. The first-order chi connectivity index (χ1) is 25.4. The zero-order chi connectivity index (χ0) is 37.4. The maximum Gasteiger partial charge on any atom is 0.258 e. The van der Waals surface area contributed by atoms with Crippen LogP contribution in [0.25, 0.3) is 0 Å². The van der Waals surface area contributed by atoms with Crippen LogP contribution in [-0.4, -0.2) is 52.6 Å². The summed E-state index contributed by atoms with van der Waals surface area (Å²) in [5.41, 5.74) is 3.15. The van der Waals surface area contributed by atoms with Crippen LogP contribution in [0.1, 0.15) is 30.3 Å². The summed E-state index contributed by atoms with van der Waals surface area (Å²) in [4.78, 5) is 56.9. The molecular formula is C39H32Cl2FN5O6. The highest BCUT2D eigenvalue weighted by molar-refractivity contribution is 6.58. The first-order valence-electron chi connectivity index (χ1n) is 17.0. The number of benzene rings is 3. The number of anilines is 3. The van der Waals surface area contributed by atoms with Crippen molar-refractivity contribution in [3.63, 3.8) is 0 Å². The highest BCUT2D eigenvalue weighted by Crippen LogP contribution is 2.66. The van der Waals surface area contributed by atoms with E-state index in [1.54, 1.807) is 36.4 Å². The van der Waals surface area contributed by atoms with Gasteiger partial charge < -0.3 is 14.4 Å². The van der Waals surface area contributed by atoms with Crippen molar-refractivity contribution in [2.45, 2.75) is 35.1 Å². The van der Waals surface area contributed by atoms with Gasteiger partial charge in [0.15, 0.2) is 9.75 Å². The van der Waals surface area contributed by atoms with Crippen LogP contribution in [0.2, 0.25) is 0 Å². The van der Waals surface area contributed by atoms with Crippen LogP contribution in [0.4, 0.5) is 32.8 Å². The summed E-state index contributed by atoms with van der Waals surface area (Å²) in [6.45, 7) is -0.443. The number of amides is 4. The fourth-order valence-electron chi connectivity index (χ4n) is 8.20. The number of furan rings is 1. The van der Waals surface area contributed by atoms with Gasteiger partial charge in [0.25, 0.3) is 11.8 Å². The molecule has 8 rings (SSSR count). The lowest BCUT2D eigenvalue weighted by atomic mass is 9.57. The number of azo groups is 1. The maximum absolute atomic E-state index is 14.4. The van der Waals surface area contributed by atoms with Crippen LogP contribution < -0.4 is 14.7 Å². The molecule has 2 saturated heterocycles. The van der Waals surface area contributed by atoms with Crippen LogP contribution in [-0.2, 0) is 25.8 Å². The Labute approximate surface area is 313 Å². The summed E-state index contributed by atoms with van der Waals surface area (Å²) in [6.07, 6.45) is 1.71. The van der Waals surface area contributed by atoms with Gasteiger partial charge in [-0.3, -0.25) is 24.1 Å². The summed E-state index contributed by atoms with van der Waals surface area (Å²) >= 11 is 14.7. The molecule has 6 unspecified atom stereocenters. The third kappa shape index (κ3) is 5.25. The number of imide groups is 2. The van der Waals surface area contributed by atoms with Crippen molar-refractivity contribution < 1.29 is 33.1 Å². The van der Waals surface area contributed by atoms with E-state index < -0.39 is 69.5 Å². The van der Waals surface area contributed by atoms with Gasteiger partial charge in [0.2, 0.25) is 11.8 Å². The number of halogens is 3. The Morgan fingerprint density at radius 2 is 1.42 bits per heavy atom. The molecule has 4 aliphatic rings. The van der Waals surface area contributed by atoms with E-state index in [2.05, 4.69) is 10.2 Å². The van der Waals surface area contributed by atoms with Gasteiger partial charge in [-0.2, -0.15) is 10.2 Å². The number of nitrogens with zero attached hydrogens (tertiary/aromatic N) is 5. The van der Waals surface area contributed by atoms with Crippen molar-refractivity contribution in [1.29, 1.82) is 0 Å². The number of rotatable bonds is 7. The fourth-order valence-corrected chi connectivity index (χ4v) is 9.12. The third-order valence-electron chi connectivity index (χ3n) is 10.8. The van der Waals surface area contributed by atoms with Crippen molar-refractivity contribution in [3.05, 3.63) is 114 Å². The van der Waals surface area contributed by atoms with E-state index in [0.717, 1.165) is 27.6 Å². The molecule has 3 heterocycles. The lowest BCUT2D eigenvalue weighted by Gasteiger charge is -2.49. The smallest absolute Gasteiger partial charge is 0.258 e. The molecule has 3 aromatic carbocycles. The van der Waals surface area contributed by atoms with E-state index in [4.69, 9.17) is 27.6 Å². The van der Waals surface area contributed by atoms with Gasteiger partial charge in [-0.05, 0) is 104 Å². The first-order valence-corrected chi connectivity index (χ1v) is 17.7. The Hall–Kier alpha value is -5.17. The Morgan fingerprint density at radius 3 is 2.02 bits per heavy atom. The fraction of sp³-hybridized carbons (Fsp3) is 0.282. The van der Waals surface area contributed by atoms with E-state index in [-0.39, 0.29) is 30.0 Å². The Kier molecular flexibility index (Phi) is 8.39. The second kappa shape index (κ2) is 12.8. The van der Waals surface area contributed by atoms with E-state index in [9.17, 15) is 28.7 Å². The Balaban J connectivity index is 1.13. The Morgan fingerprint density at radius 1 is 0.811 bits per heavy atom. The average molecular weight is 757 g/mol. The molecule has 1 N–H and O–H groups in total. The van der Waals surface area contributed by atoms with Gasteiger partial charge in [-0.15, -0.1) is 23.2 Å². The van der Waals surface area contributed by atoms with E-state index in [1.165, 1.54) is 18.2 Å². The molecule has 14 heteroatoms. The lowest BCUT2D eigenvalue weighted by molar-refractivity contribution is -0.125. The van der Waals surface area contributed by atoms with E-state index >= 15 is 0 Å². The molecule has 3 fully saturated rings. The summed E-state index contributed by atoms with van der Waals surface area (Å²) in [5.74, 6) is -6.41. The number of carbonyl (C=O) groups is 4. The van der Waals surface area contributed by atoms with Crippen LogP contribution >= 0.6 is 23.2 Å². The topological polar surface area (TPSA) is 136 Å². The minimum absolute atomic E-state index is 0.0726. The minimum atomic E-state index is -2.14. The van der Waals surface area contributed by atoms with Crippen LogP contribution in [0, 0.1) is 23.6 Å². The molecule has 6 atom stereocenters. The SMILES string of the molecule is CN(C)c1ccc(N=Nc2ccc(N3C(=O)C4CC=C5C(CC6(Cl)C(=O)N(c7ccc(F)cc7)C(=O)C6(Cl)C5c5ccc(CO)o5)C4C3=O)cc2)cc1. The number of aliphatic hydroxyl groups excluding tert-OH is 1. The predicted octanol–water partition coefficient (Wildman–Crippen LogP) is 7.16. The van der Waals surface area contributed by atoms with Crippen molar-refractivity contribution in [2.75, 3.05) is 28.8 Å². The third-order valence-corrected chi connectivity index (χ3v) is 12.2.